The van der Waals surface area contributed by atoms with E-state index < -0.39 is 6.04 Å². The minimum atomic E-state index is -0.574. The molecule has 0 radical (unpaired) electrons. The van der Waals surface area contributed by atoms with Crippen LogP contribution >= 0.6 is 11.8 Å². The number of amides is 2. The fourth-order valence-electron chi connectivity index (χ4n) is 2.42. The van der Waals surface area contributed by atoms with Crippen molar-refractivity contribution in [3.05, 3.63) is 65.7 Å². The van der Waals surface area contributed by atoms with Crippen LogP contribution in [0.25, 0.3) is 0 Å². The molecule has 0 fully saturated rings. The Balaban J connectivity index is 1.85. The molecule has 0 bridgehead atoms. The quantitative estimate of drug-likeness (QED) is 0.659. The Bertz CT molecular complexity index is 720. The molecule has 144 valence electrons. The predicted octanol–water partition coefficient (Wildman–Crippen LogP) is 2.93. The van der Waals surface area contributed by atoms with E-state index in [-0.39, 0.29) is 18.4 Å². The number of carbonyl (C=O) groups is 2. The summed E-state index contributed by atoms with van der Waals surface area (Å²) >= 11 is 1.64. The maximum absolute atomic E-state index is 12.5. The zero-order valence-electron chi connectivity index (χ0n) is 15.7. The normalized spacial score (nSPS) is 11.5. The van der Waals surface area contributed by atoms with Gasteiger partial charge in [-0.25, -0.2) is 0 Å². The Labute approximate surface area is 164 Å². The van der Waals surface area contributed by atoms with Gasteiger partial charge < -0.3 is 15.4 Å². The Morgan fingerprint density at radius 2 is 1.78 bits per heavy atom. The molecule has 5 nitrogen and oxygen atoms in total. The molecule has 2 rings (SSSR count). The average Bonchev–Trinajstić information content (AvgIpc) is 2.69. The molecule has 0 heterocycles. The second-order valence-electron chi connectivity index (χ2n) is 6.21. The number of hydrogen-bond acceptors (Lipinski definition) is 4. The molecular formula is C21H26N2O3S. The van der Waals surface area contributed by atoms with Crippen molar-refractivity contribution >= 4 is 23.6 Å². The van der Waals surface area contributed by atoms with Gasteiger partial charge in [0.15, 0.2) is 6.61 Å². The fraction of sp³-hybridized carbons (Fsp3) is 0.333. The topological polar surface area (TPSA) is 67.4 Å². The van der Waals surface area contributed by atoms with Crippen molar-refractivity contribution in [1.82, 2.24) is 10.6 Å². The first-order valence-corrected chi connectivity index (χ1v) is 10.3. The summed E-state index contributed by atoms with van der Waals surface area (Å²) in [4.78, 5) is 24.7. The molecule has 6 heteroatoms. The molecule has 27 heavy (non-hydrogen) atoms. The van der Waals surface area contributed by atoms with E-state index in [9.17, 15) is 9.59 Å². The number of nitrogens with one attached hydrogen (secondary N) is 2. The van der Waals surface area contributed by atoms with Crippen LogP contribution in [0.15, 0.2) is 54.6 Å². The first kappa shape index (κ1) is 20.8. The molecule has 1 atom stereocenters. The summed E-state index contributed by atoms with van der Waals surface area (Å²) in [6, 6.07) is 16.5. The van der Waals surface area contributed by atoms with Gasteiger partial charge in [-0.3, -0.25) is 9.59 Å². The van der Waals surface area contributed by atoms with Gasteiger partial charge in [-0.15, -0.1) is 0 Å². The van der Waals surface area contributed by atoms with Gasteiger partial charge in [-0.1, -0.05) is 48.0 Å². The van der Waals surface area contributed by atoms with Crippen LogP contribution in [0.4, 0.5) is 0 Å². The zero-order chi connectivity index (χ0) is 19.5. The van der Waals surface area contributed by atoms with E-state index in [2.05, 4.69) is 10.6 Å². The van der Waals surface area contributed by atoms with Gasteiger partial charge in [0, 0.05) is 6.54 Å². The highest BCUT2D eigenvalue weighted by Crippen LogP contribution is 2.08. The van der Waals surface area contributed by atoms with Gasteiger partial charge >= 0.3 is 0 Å². The van der Waals surface area contributed by atoms with Gasteiger partial charge in [0.2, 0.25) is 5.91 Å². The highest BCUT2D eigenvalue weighted by molar-refractivity contribution is 7.98. The second kappa shape index (κ2) is 11.3. The third-order valence-electron chi connectivity index (χ3n) is 3.96. The SMILES string of the molecule is CSCCC(NC(=O)COc1ccccc1)C(=O)NCc1ccc(C)cc1. The number of benzene rings is 2. The summed E-state index contributed by atoms with van der Waals surface area (Å²) in [5.41, 5.74) is 2.20. The lowest BCUT2D eigenvalue weighted by atomic mass is 10.1. The molecule has 2 N–H and O–H groups in total. The monoisotopic (exact) mass is 386 g/mol. The van der Waals surface area contributed by atoms with Crippen molar-refractivity contribution in [3.63, 3.8) is 0 Å². The maximum atomic E-state index is 12.5. The molecule has 0 aromatic heterocycles. The number of hydrogen-bond donors (Lipinski definition) is 2. The van der Waals surface area contributed by atoms with Crippen molar-refractivity contribution in [1.29, 1.82) is 0 Å². The van der Waals surface area contributed by atoms with Crippen LogP contribution in [-0.4, -0.2) is 36.5 Å². The number of rotatable bonds is 10. The minimum absolute atomic E-state index is 0.120. The lowest BCUT2D eigenvalue weighted by Crippen LogP contribution is -2.48. The van der Waals surface area contributed by atoms with Gasteiger partial charge in [0.05, 0.1) is 0 Å². The largest absolute Gasteiger partial charge is 0.484 e. The predicted molar refractivity (Wildman–Crippen MR) is 110 cm³/mol. The molecule has 0 aliphatic rings. The summed E-state index contributed by atoms with van der Waals surface area (Å²) in [6.07, 6.45) is 2.54. The van der Waals surface area contributed by atoms with Gasteiger partial charge in [0.1, 0.15) is 11.8 Å². The first-order chi connectivity index (χ1) is 13.1. The van der Waals surface area contributed by atoms with E-state index >= 15 is 0 Å². The van der Waals surface area contributed by atoms with Crippen molar-refractivity contribution < 1.29 is 14.3 Å². The number of para-hydroxylation sites is 1. The van der Waals surface area contributed by atoms with Crippen LogP contribution < -0.4 is 15.4 Å². The molecule has 0 aliphatic heterocycles. The highest BCUT2D eigenvalue weighted by Gasteiger charge is 2.20. The van der Waals surface area contributed by atoms with E-state index in [1.807, 2.05) is 55.6 Å². The average molecular weight is 387 g/mol. The van der Waals surface area contributed by atoms with E-state index in [4.69, 9.17) is 4.74 Å². The van der Waals surface area contributed by atoms with E-state index in [0.29, 0.717) is 18.7 Å². The van der Waals surface area contributed by atoms with Gasteiger partial charge in [-0.2, -0.15) is 11.8 Å². The Morgan fingerprint density at radius 1 is 1.07 bits per heavy atom. The van der Waals surface area contributed by atoms with Crippen LogP contribution in [0.5, 0.6) is 5.75 Å². The van der Waals surface area contributed by atoms with Crippen LogP contribution in [-0.2, 0) is 16.1 Å². The van der Waals surface area contributed by atoms with E-state index in [1.54, 1.807) is 23.9 Å². The van der Waals surface area contributed by atoms with Crippen LogP contribution in [0, 0.1) is 6.92 Å². The molecule has 0 aliphatic carbocycles. The summed E-state index contributed by atoms with van der Waals surface area (Å²) < 4.78 is 5.44. The Kier molecular flexibility index (Phi) is 8.71. The Morgan fingerprint density at radius 3 is 2.44 bits per heavy atom. The van der Waals surface area contributed by atoms with Crippen molar-refractivity contribution in [2.75, 3.05) is 18.6 Å². The second-order valence-corrected chi connectivity index (χ2v) is 7.19. The number of thioether (sulfide) groups is 1. The fourth-order valence-corrected chi connectivity index (χ4v) is 2.90. The lowest BCUT2D eigenvalue weighted by molar-refractivity contribution is -0.130. The van der Waals surface area contributed by atoms with Crippen LogP contribution in [0.1, 0.15) is 17.5 Å². The van der Waals surface area contributed by atoms with E-state index in [1.165, 1.54) is 5.56 Å². The molecule has 2 aromatic carbocycles. The van der Waals surface area contributed by atoms with Crippen LogP contribution in [0.2, 0.25) is 0 Å². The Hall–Kier alpha value is -2.47. The van der Waals surface area contributed by atoms with Crippen molar-refractivity contribution in [3.8, 4) is 5.75 Å². The number of aryl methyl sites for hydroxylation is 1. The molecule has 0 spiro atoms. The van der Waals surface area contributed by atoms with Crippen LogP contribution in [0.3, 0.4) is 0 Å². The molecular weight excluding hydrogens is 360 g/mol. The van der Waals surface area contributed by atoms with Gasteiger partial charge in [0.25, 0.3) is 5.91 Å². The number of ether oxygens (including phenoxy) is 1. The summed E-state index contributed by atoms with van der Waals surface area (Å²) in [7, 11) is 0. The molecule has 0 saturated heterocycles. The summed E-state index contributed by atoms with van der Waals surface area (Å²) in [5, 5.41) is 5.68. The van der Waals surface area contributed by atoms with Crippen molar-refractivity contribution in [2.45, 2.75) is 25.9 Å². The lowest BCUT2D eigenvalue weighted by Gasteiger charge is -2.18. The third kappa shape index (κ3) is 7.74. The molecule has 2 aromatic rings. The first-order valence-electron chi connectivity index (χ1n) is 8.88. The van der Waals surface area contributed by atoms with Gasteiger partial charge in [-0.05, 0) is 43.0 Å². The molecule has 2 amide bonds. The summed E-state index contributed by atoms with van der Waals surface area (Å²) in [6.45, 7) is 2.34. The zero-order valence-corrected chi connectivity index (χ0v) is 16.6. The smallest absolute Gasteiger partial charge is 0.258 e. The summed E-state index contributed by atoms with van der Waals surface area (Å²) in [5.74, 6) is 0.910. The molecule has 0 saturated carbocycles. The highest BCUT2D eigenvalue weighted by atomic mass is 32.2. The van der Waals surface area contributed by atoms with E-state index in [0.717, 1.165) is 11.3 Å². The number of carbonyl (C=O) groups excluding carboxylic acids is 2. The minimum Gasteiger partial charge on any atom is -0.484 e. The third-order valence-corrected chi connectivity index (χ3v) is 4.61. The van der Waals surface area contributed by atoms with Crippen molar-refractivity contribution in [2.24, 2.45) is 0 Å². The molecule has 1 unspecified atom stereocenters. The standard InChI is InChI=1S/C21H26N2O3S/c1-16-8-10-17(11-9-16)14-22-21(25)19(12-13-27-2)23-20(24)15-26-18-6-4-3-5-7-18/h3-11,19H,12-15H2,1-2H3,(H,22,25)(H,23,24). The maximum Gasteiger partial charge on any atom is 0.258 e.